The van der Waals surface area contributed by atoms with Crippen molar-refractivity contribution in [2.75, 3.05) is 0 Å². The molecule has 1 heterocycles. The summed E-state index contributed by atoms with van der Waals surface area (Å²) in [5, 5.41) is 1.10. The Morgan fingerprint density at radius 3 is 2.84 bits per heavy atom. The van der Waals surface area contributed by atoms with Crippen LogP contribution in [0, 0.1) is 11.7 Å². The fourth-order valence-electron chi connectivity index (χ4n) is 3.04. The van der Waals surface area contributed by atoms with Crippen LogP contribution < -0.4 is 11.3 Å². The Morgan fingerprint density at radius 2 is 2.11 bits per heavy atom. The van der Waals surface area contributed by atoms with Crippen LogP contribution in [-0.2, 0) is 0 Å². The van der Waals surface area contributed by atoms with Gasteiger partial charge in [0.1, 0.15) is 5.82 Å². The van der Waals surface area contributed by atoms with E-state index in [9.17, 15) is 4.39 Å². The van der Waals surface area contributed by atoms with Crippen LogP contribution in [0.25, 0.3) is 10.1 Å². The predicted molar refractivity (Wildman–Crippen MR) is 78.4 cm³/mol. The molecule has 1 aromatic carbocycles. The topological polar surface area (TPSA) is 38.0 Å². The van der Waals surface area contributed by atoms with Gasteiger partial charge in [0, 0.05) is 9.58 Å². The number of thiophene rings is 1. The molecule has 0 spiro atoms. The number of hydrogen-bond acceptors (Lipinski definition) is 3. The van der Waals surface area contributed by atoms with Gasteiger partial charge in [-0.25, -0.2) is 4.39 Å². The largest absolute Gasteiger partial charge is 0.271 e. The summed E-state index contributed by atoms with van der Waals surface area (Å²) in [6.07, 6.45) is 6.42. The van der Waals surface area contributed by atoms with Gasteiger partial charge in [-0.05, 0) is 35.9 Å². The number of hydrogen-bond donors (Lipinski definition) is 2. The van der Waals surface area contributed by atoms with Gasteiger partial charge in [0.25, 0.3) is 0 Å². The lowest BCUT2D eigenvalue weighted by Gasteiger charge is -2.18. The van der Waals surface area contributed by atoms with E-state index in [1.54, 1.807) is 17.4 Å². The molecule has 0 bridgehead atoms. The van der Waals surface area contributed by atoms with Gasteiger partial charge in [0.2, 0.25) is 0 Å². The highest BCUT2D eigenvalue weighted by Gasteiger charge is 2.21. The van der Waals surface area contributed by atoms with Crippen LogP contribution in [0.4, 0.5) is 4.39 Å². The molecule has 1 unspecified atom stereocenters. The van der Waals surface area contributed by atoms with Gasteiger partial charge in [0.05, 0.1) is 6.04 Å². The van der Waals surface area contributed by atoms with Gasteiger partial charge in [-0.3, -0.25) is 11.3 Å². The first-order chi connectivity index (χ1) is 9.26. The van der Waals surface area contributed by atoms with E-state index in [1.165, 1.54) is 36.6 Å². The summed E-state index contributed by atoms with van der Waals surface area (Å²) in [5.41, 5.74) is 2.94. The molecule has 1 aliphatic rings. The van der Waals surface area contributed by atoms with E-state index >= 15 is 0 Å². The van der Waals surface area contributed by atoms with Crippen molar-refractivity contribution in [3.8, 4) is 0 Å². The SMILES string of the molecule is NNC(CC1CCCC1)c1cc2ccc(F)cc2s1. The van der Waals surface area contributed by atoms with Gasteiger partial charge in [-0.2, -0.15) is 0 Å². The minimum Gasteiger partial charge on any atom is -0.271 e. The molecule has 3 N–H and O–H groups in total. The van der Waals surface area contributed by atoms with Gasteiger partial charge in [-0.15, -0.1) is 11.3 Å². The summed E-state index contributed by atoms with van der Waals surface area (Å²) < 4.78 is 14.2. The molecule has 0 amide bonds. The molecule has 0 aliphatic heterocycles. The number of hydrazine groups is 1. The molecule has 0 radical (unpaired) electrons. The van der Waals surface area contributed by atoms with Crippen LogP contribution in [0.2, 0.25) is 0 Å². The lowest BCUT2D eigenvalue weighted by Crippen LogP contribution is -2.28. The van der Waals surface area contributed by atoms with Crippen molar-refractivity contribution in [3.05, 3.63) is 35.0 Å². The quantitative estimate of drug-likeness (QED) is 0.652. The molecular formula is C15H19FN2S. The van der Waals surface area contributed by atoms with Crippen molar-refractivity contribution in [1.82, 2.24) is 5.43 Å². The number of nitrogens with two attached hydrogens (primary N) is 1. The Kier molecular flexibility index (Phi) is 3.82. The van der Waals surface area contributed by atoms with Gasteiger partial charge in [-0.1, -0.05) is 31.7 Å². The maximum Gasteiger partial charge on any atom is 0.124 e. The third kappa shape index (κ3) is 2.81. The fourth-order valence-corrected chi connectivity index (χ4v) is 4.21. The summed E-state index contributed by atoms with van der Waals surface area (Å²) in [4.78, 5) is 1.22. The Balaban J connectivity index is 1.83. The van der Waals surface area contributed by atoms with Gasteiger partial charge >= 0.3 is 0 Å². The first-order valence-corrected chi connectivity index (χ1v) is 7.73. The lowest BCUT2D eigenvalue weighted by atomic mass is 9.98. The number of fused-ring (bicyclic) bond motifs is 1. The molecule has 2 aromatic rings. The number of benzene rings is 1. The zero-order chi connectivity index (χ0) is 13.2. The average Bonchev–Trinajstić information content (AvgIpc) is 3.03. The van der Waals surface area contributed by atoms with Crippen molar-refractivity contribution in [2.24, 2.45) is 11.8 Å². The van der Waals surface area contributed by atoms with Crippen LogP contribution in [0.5, 0.6) is 0 Å². The molecule has 2 nitrogen and oxygen atoms in total. The highest BCUT2D eigenvalue weighted by molar-refractivity contribution is 7.19. The standard InChI is InChI=1S/C15H19FN2S/c16-12-6-5-11-8-15(19-14(11)9-12)13(18-17)7-10-3-1-2-4-10/h5-6,8-10,13,18H,1-4,7,17H2. The van der Waals surface area contributed by atoms with Crippen LogP contribution in [0.1, 0.15) is 43.0 Å². The Hall–Kier alpha value is -0.970. The Labute approximate surface area is 116 Å². The molecule has 4 heteroatoms. The first kappa shape index (κ1) is 13.0. The van der Waals surface area contributed by atoms with Crippen molar-refractivity contribution >= 4 is 21.4 Å². The highest BCUT2D eigenvalue weighted by atomic mass is 32.1. The number of rotatable bonds is 4. The predicted octanol–water partition coefficient (Wildman–Crippen LogP) is 4.13. The summed E-state index contributed by atoms with van der Waals surface area (Å²) in [7, 11) is 0. The van der Waals surface area contributed by atoms with Crippen molar-refractivity contribution < 1.29 is 4.39 Å². The van der Waals surface area contributed by atoms with Crippen molar-refractivity contribution in [1.29, 1.82) is 0 Å². The minimum atomic E-state index is -0.172. The molecule has 1 saturated carbocycles. The molecule has 1 atom stereocenters. The minimum absolute atomic E-state index is 0.172. The normalized spacial score (nSPS) is 18.2. The zero-order valence-corrected chi connectivity index (χ0v) is 11.7. The smallest absolute Gasteiger partial charge is 0.124 e. The van der Waals surface area contributed by atoms with E-state index in [1.807, 2.05) is 6.07 Å². The highest BCUT2D eigenvalue weighted by Crippen LogP contribution is 2.36. The van der Waals surface area contributed by atoms with Crippen molar-refractivity contribution in [2.45, 2.75) is 38.1 Å². The first-order valence-electron chi connectivity index (χ1n) is 6.91. The third-order valence-corrected chi connectivity index (χ3v) is 5.30. The molecule has 1 fully saturated rings. The molecule has 102 valence electrons. The van der Waals surface area contributed by atoms with Crippen molar-refractivity contribution in [3.63, 3.8) is 0 Å². The number of nitrogens with one attached hydrogen (secondary N) is 1. The maximum atomic E-state index is 13.2. The molecule has 3 rings (SSSR count). The van der Waals surface area contributed by atoms with E-state index in [0.29, 0.717) is 0 Å². The average molecular weight is 278 g/mol. The van der Waals surface area contributed by atoms with Crippen LogP contribution in [0.15, 0.2) is 24.3 Å². The summed E-state index contributed by atoms with van der Waals surface area (Å²) >= 11 is 1.64. The second kappa shape index (κ2) is 5.57. The van der Waals surface area contributed by atoms with Crippen LogP contribution in [0.3, 0.4) is 0 Å². The van der Waals surface area contributed by atoms with E-state index in [-0.39, 0.29) is 11.9 Å². The molecule has 1 aliphatic carbocycles. The summed E-state index contributed by atoms with van der Waals surface area (Å²) in [5.74, 6) is 6.33. The molecule has 19 heavy (non-hydrogen) atoms. The number of halogens is 1. The van der Waals surface area contributed by atoms with Gasteiger partial charge < -0.3 is 0 Å². The molecular weight excluding hydrogens is 259 g/mol. The Bertz CT molecular complexity index is 560. The molecule has 1 aromatic heterocycles. The second-order valence-corrected chi connectivity index (χ2v) is 6.55. The van der Waals surface area contributed by atoms with Gasteiger partial charge in [0.15, 0.2) is 0 Å². The monoisotopic (exact) mass is 278 g/mol. The van der Waals surface area contributed by atoms with E-state index < -0.39 is 0 Å². The van der Waals surface area contributed by atoms with Crippen LogP contribution >= 0.6 is 11.3 Å². The fraction of sp³-hybridized carbons (Fsp3) is 0.467. The summed E-state index contributed by atoms with van der Waals surface area (Å²) in [6, 6.07) is 7.30. The van der Waals surface area contributed by atoms with Crippen LogP contribution in [-0.4, -0.2) is 0 Å². The summed E-state index contributed by atoms with van der Waals surface area (Å²) in [6.45, 7) is 0. The maximum absolute atomic E-state index is 13.2. The third-order valence-electron chi connectivity index (χ3n) is 4.09. The molecule has 0 saturated heterocycles. The second-order valence-electron chi connectivity index (χ2n) is 5.44. The van der Waals surface area contributed by atoms with E-state index in [2.05, 4.69) is 11.5 Å². The van der Waals surface area contributed by atoms with E-state index in [4.69, 9.17) is 5.84 Å². The Morgan fingerprint density at radius 1 is 1.32 bits per heavy atom. The zero-order valence-electron chi connectivity index (χ0n) is 10.9. The van der Waals surface area contributed by atoms with E-state index in [0.717, 1.165) is 22.4 Å². The lowest BCUT2D eigenvalue weighted by molar-refractivity contribution is 0.404.